The maximum atomic E-state index is 11.3. The van der Waals surface area contributed by atoms with Crippen LogP contribution in [0.2, 0.25) is 0 Å². The molecule has 24 heavy (non-hydrogen) atoms. The van der Waals surface area contributed by atoms with E-state index >= 15 is 0 Å². The summed E-state index contributed by atoms with van der Waals surface area (Å²) in [6.45, 7) is 2.40. The van der Waals surface area contributed by atoms with E-state index in [2.05, 4.69) is 22.8 Å². The van der Waals surface area contributed by atoms with E-state index in [0.717, 1.165) is 24.6 Å². The maximum absolute atomic E-state index is 11.3. The number of carbonyl (C=O) groups is 1. The van der Waals surface area contributed by atoms with Crippen LogP contribution in [0.1, 0.15) is 57.1 Å². The zero-order valence-electron chi connectivity index (χ0n) is 14.2. The Morgan fingerprint density at radius 1 is 1.21 bits per heavy atom. The molecule has 1 aliphatic carbocycles. The number of fused-ring (bicyclic) bond motifs is 3. The molecule has 1 saturated heterocycles. The standard InChI is InChI=1S/C19H26N2O2.ClH/c1-12(22)20-14-7-8-17-16(11-14)19-15(9-10-23-19)18(21-17)13-5-3-2-4-6-13;/h7-8,11,13,15,18-19,21H,2-6,9-10H2,1H3,(H,20,22);1H/t15-,18+,19-;/m0./s1. The van der Waals surface area contributed by atoms with E-state index in [4.69, 9.17) is 4.74 Å². The first-order valence-electron chi connectivity index (χ1n) is 9.02. The molecule has 1 aromatic carbocycles. The van der Waals surface area contributed by atoms with Crippen LogP contribution in [0.3, 0.4) is 0 Å². The molecule has 1 aromatic rings. The Balaban J connectivity index is 0.00000169. The van der Waals surface area contributed by atoms with Gasteiger partial charge in [0.05, 0.1) is 6.10 Å². The van der Waals surface area contributed by atoms with Gasteiger partial charge >= 0.3 is 0 Å². The van der Waals surface area contributed by atoms with Crippen molar-refractivity contribution >= 4 is 29.7 Å². The number of carbonyl (C=O) groups excluding carboxylic acids is 1. The zero-order chi connectivity index (χ0) is 15.8. The minimum atomic E-state index is -0.0299. The molecular formula is C19H27ClN2O2. The van der Waals surface area contributed by atoms with Crippen molar-refractivity contribution in [2.75, 3.05) is 17.2 Å². The van der Waals surface area contributed by atoms with Crippen molar-refractivity contribution in [3.05, 3.63) is 23.8 Å². The van der Waals surface area contributed by atoms with Gasteiger partial charge in [-0.25, -0.2) is 0 Å². The van der Waals surface area contributed by atoms with Crippen LogP contribution in [0.15, 0.2) is 18.2 Å². The lowest BCUT2D eigenvalue weighted by Gasteiger charge is -2.42. The number of hydrogen-bond acceptors (Lipinski definition) is 3. The molecule has 2 aliphatic heterocycles. The van der Waals surface area contributed by atoms with Crippen molar-refractivity contribution in [2.24, 2.45) is 11.8 Å². The topological polar surface area (TPSA) is 50.4 Å². The van der Waals surface area contributed by atoms with Crippen LogP contribution in [0, 0.1) is 11.8 Å². The molecule has 5 heteroatoms. The van der Waals surface area contributed by atoms with E-state index in [0.29, 0.717) is 12.0 Å². The van der Waals surface area contributed by atoms with Crippen LogP contribution in [-0.4, -0.2) is 18.6 Å². The van der Waals surface area contributed by atoms with Gasteiger partial charge in [0.2, 0.25) is 5.91 Å². The molecule has 0 bridgehead atoms. The lowest BCUT2D eigenvalue weighted by molar-refractivity contribution is -0.114. The quantitative estimate of drug-likeness (QED) is 0.824. The van der Waals surface area contributed by atoms with Gasteiger partial charge in [0, 0.05) is 42.4 Å². The molecule has 3 atom stereocenters. The number of benzene rings is 1. The summed E-state index contributed by atoms with van der Waals surface area (Å²) >= 11 is 0. The van der Waals surface area contributed by atoms with E-state index in [-0.39, 0.29) is 24.4 Å². The molecular weight excluding hydrogens is 324 g/mol. The van der Waals surface area contributed by atoms with Crippen molar-refractivity contribution in [3.63, 3.8) is 0 Å². The number of ether oxygens (including phenoxy) is 1. The largest absolute Gasteiger partial charge is 0.381 e. The molecule has 132 valence electrons. The van der Waals surface area contributed by atoms with Gasteiger partial charge in [-0.1, -0.05) is 19.3 Å². The Bertz CT molecular complexity index is 601. The van der Waals surface area contributed by atoms with E-state index in [1.165, 1.54) is 43.4 Å². The molecule has 1 saturated carbocycles. The molecule has 0 radical (unpaired) electrons. The lowest BCUT2D eigenvalue weighted by Crippen LogP contribution is -2.42. The highest BCUT2D eigenvalue weighted by Gasteiger charge is 2.43. The average Bonchev–Trinajstić information content (AvgIpc) is 3.04. The zero-order valence-corrected chi connectivity index (χ0v) is 15.0. The first-order valence-corrected chi connectivity index (χ1v) is 9.02. The minimum Gasteiger partial charge on any atom is -0.381 e. The highest BCUT2D eigenvalue weighted by atomic mass is 35.5. The molecule has 2 N–H and O–H groups in total. The third-order valence-corrected chi connectivity index (χ3v) is 5.76. The van der Waals surface area contributed by atoms with Crippen LogP contribution in [-0.2, 0) is 9.53 Å². The van der Waals surface area contributed by atoms with Gasteiger partial charge < -0.3 is 15.4 Å². The van der Waals surface area contributed by atoms with E-state index < -0.39 is 0 Å². The number of amides is 1. The highest BCUT2D eigenvalue weighted by Crippen LogP contribution is 2.48. The van der Waals surface area contributed by atoms with Crippen LogP contribution in [0.25, 0.3) is 0 Å². The molecule has 3 aliphatic rings. The van der Waals surface area contributed by atoms with Crippen molar-refractivity contribution < 1.29 is 9.53 Å². The van der Waals surface area contributed by atoms with E-state index in [1.54, 1.807) is 6.92 Å². The van der Waals surface area contributed by atoms with Crippen molar-refractivity contribution in [1.82, 2.24) is 0 Å². The van der Waals surface area contributed by atoms with Gasteiger partial charge in [-0.15, -0.1) is 12.4 Å². The van der Waals surface area contributed by atoms with Gasteiger partial charge in [-0.2, -0.15) is 0 Å². The molecule has 2 heterocycles. The summed E-state index contributed by atoms with van der Waals surface area (Å²) < 4.78 is 6.11. The predicted molar refractivity (Wildman–Crippen MR) is 98.8 cm³/mol. The number of nitrogens with one attached hydrogen (secondary N) is 2. The number of anilines is 2. The summed E-state index contributed by atoms with van der Waals surface area (Å²) in [6.07, 6.45) is 8.16. The third-order valence-electron chi connectivity index (χ3n) is 5.76. The van der Waals surface area contributed by atoms with Gasteiger partial charge in [-0.05, 0) is 43.4 Å². The average molecular weight is 351 g/mol. The summed E-state index contributed by atoms with van der Waals surface area (Å²) in [5.74, 6) is 1.32. The van der Waals surface area contributed by atoms with Gasteiger partial charge in [0.1, 0.15) is 0 Å². The maximum Gasteiger partial charge on any atom is 0.221 e. The van der Waals surface area contributed by atoms with Crippen LogP contribution in [0.4, 0.5) is 11.4 Å². The Labute approximate surface area is 150 Å². The minimum absolute atomic E-state index is 0. The van der Waals surface area contributed by atoms with Gasteiger partial charge in [0.15, 0.2) is 0 Å². The smallest absolute Gasteiger partial charge is 0.221 e. The molecule has 2 fully saturated rings. The Kier molecular flexibility index (Phi) is 5.36. The Morgan fingerprint density at radius 2 is 2.00 bits per heavy atom. The summed E-state index contributed by atoms with van der Waals surface area (Å²) in [5, 5.41) is 6.71. The SMILES string of the molecule is CC(=O)Nc1ccc2c(c1)[C@H]1OCC[C@H]1[C@@H](C1CCCCC1)N2.Cl. The van der Waals surface area contributed by atoms with Crippen molar-refractivity contribution in [3.8, 4) is 0 Å². The molecule has 0 aromatic heterocycles. The fourth-order valence-corrected chi connectivity index (χ4v) is 4.75. The number of halogens is 1. The fourth-order valence-electron chi connectivity index (χ4n) is 4.75. The normalized spacial score (nSPS) is 29.0. The van der Waals surface area contributed by atoms with E-state index in [9.17, 15) is 4.79 Å². The van der Waals surface area contributed by atoms with Crippen LogP contribution < -0.4 is 10.6 Å². The second-order valence-electron chi connectivity index (χ2n) is 7.30. The van der Waals surface area contributed by atoms with Gasteiger partial charge in [-0.3, -0.25) is 4.79 Å². The van der Waals surface area contributed by atoms with Gasteiger partial charge in [0.25, 0.3) is 0 Å². The monoisotopic (exact) mass is 350 g/mol. The molecule has 1 amide bonds. The summed E-state index contributed by atoms with van der Waals surface area (Å²) in [4.78, 5) is 11.3. The number of hydrogen-bond donors (Lipinski definition) is 2. The van der Waals surface area contributed by atoms with Crippen LogP contribution >= 0.6 is 12.4 Å². The Hall–Kier alpha value is -1.26. The third kappa shape index (κ3) is 3.27. The van der Waals surface area contributed by atoms with Crippen LogP contribution in [0.5, 0.6) is 0 Å². The van der Waals surface area contributed by atoms with Crippen molar-refractivity contribution in [1.29, 1.82) is 0 Å². The number of rotatable bonds is 2. The highest BCUT2D eigenvalue weighted by molar-refractivity contribution is 5.89. The lowest BCUT2D eigenvalue weighted by atomic mass is 9.73. The molecule has 0 spiro atoms. The first-order chi connectivity index (χ1) is 11.2. The first kappa shape index (κ1) is 17.6. The molecule has 4 nitrogen and oxygen atoms in total. The van der Waals surface area contributed by atoms with E-state index in [1.807, 2.05) is 6.07 Å². The fraction of sp³-hybridized carbons (Fsp3) is 0.632. The molecule has 0 unspecified atom stereocenters. The summed E-state index contributed by atoms with van der Waals surface area (Å²) in [5.41, 5.74) is 3.27. The molecule has 4 rings (SSSR count). The second-order valence-corrected chi connectivity index (χ2v) is 7.30. The predicted octanol–water partition coefficient (Wildman–Crippen LogP) is 4.52. The second kappa shape index (κ2) is 7.32. The summed E-state index contributed by atoms with van der Waals surface area (Å²) in [6, 6.07) is 6.72. The Morgan fingerprint density at radius 3 is 2.75 bits per heavy atom. The summed E-state index contributed by atoms with van der Waals surface area (Å²) in [7, 11) is 0. The van der Waals surface area contributed by atoms with Crippen molar-refractivity contribution in [2.45, 2.75) is 57.6 Å².